The van der Waals surface area contributed by atoms with E-state index in [1.165, 1.54) is 0 Å². The molecular formula is C14H13ClN2OS. The minimum absolute atomic E-state index is 0.184. The Balaban J connectivity index is 1.86. The van der Waals surface area contributed by atoms with Crippen molar-refractivity contribution in [3.8, 4) is 0 Å². The molecule has 0 aliphatic heterocycles. The molecule has 2 heterocycles. The number of hydrogen-bond acceptors (Lipinski definition) is 4. The molecule has 2 N–H and O–H groups in total. The van der Waals surface area contributed by atoms with Crippen molar-refractivity contribution in [2.75, 3.05) is 0 Å². The molecule has 0 aliphatic rings. The fraction of sp³-hybridized carbons (Fsp3) is 0.214. The van der Waals surface area contributed by atoms with Gasteiger partial charge in [-0.05, 0) is 31.2 Å². The van der Waals surface area contributed by atoms with Crippen LogP contribution >= 0.6 is 22.9 Å². The van der Waals surface area contributed by atoms with Crippen molar-refractivity contribution in [2.45, 2.75) is 19.4 Å². The van der Waals surface area contributed by atoms with Crippen LogP contribution in [0.4, 0.5) is 0 Å². The molecule has 1 atom stereocenters. The molecule has 0 saturated heterocycles. The Morgan fingerprint density at radius 3 is 3.00 bits per heavy atom. The molecule has 3 nitrogen and oxygen atoms in total. The van der Waals surface area contributed by atoms with Gasteiger partial charge in [-0.2, -0.15) is 0 Å². The van der Waals surface area contributed by atoms with Crippen molar-refractivity contribution in [1.82, 2.24) is 4.98 Å². The highest BCUT2D eigenvalue weighted by Gasteiger charge is 2.14. The van der Waals surface area contributed by atoms with Gasteiger partial charge in [0.15, 0.2) is 0 Å². The third-order valence-corrected chi connectivity index (χ3v) is 4.15. The Kier molecular flexibility index (Phi) is 3.31. The Hall–Kier alpha value is -1.36. The summed E-state index contributed by atoms with van der Waals surface area (Å²) in [7, 11) is 0. The Labute approximate surface area is 120 Å². The van der Waals surface area contributed by atoms with Gasteiger partial charge in [0, 0.05) is 27.9 Å². The Morgan fingerprint density at radius 1 is 1.42 bits per heavy atom. The molecule has 0 aliphatic carbocycles. The van der Waals surface area contributed by atoms with E-state index in [0.717, 1.165) is 27.4 Å². The second-order valence-corrected chi connectivity index (χ2v) is 5.90. The number of rotatable bonds is 3. The highest BCUT2D eigenvalue weighted by Crippen LogP contribution is 2.27. The number of benzene rings is 1. The summed E-state index contributed by atoms with van der Waals surface area (Å²) in [4.78, 5) is 4.42. The van der Waals surface area contributed by atoms with Gasteiger partial charge in [-0.3, -0.25) is 0 Å². The van der Waals surface area contributed by atoms with Crippen LogP contribution in [0.25, 0.3) is 11.0 Å². The first-order valence-electron chi connectivity index (χ1n) is 5.97. The SMILES string of the molecule is Cc1csc(CC(N)c2cc3cc(Cl)ccc3o2)n1. The van der Waals surface area contributed by atoms with E-state index >= 15 is 0 Å². The lowest BCUT2D eigenvalue weighted by molar-refractivity contribution is 0.493. The molecule has 3 rings (SSSR count). The summed E-state index contributed by atoms with van der Waals surface area (Å²) in [6.45, 7) is 1.98. The lowest BCUT2D eigenvalue weighted by atomic mass is 10.1. The average Bonchev–Trinajstić information content (AvgIpc) is 2.95. The molecule has 0 bridgehead atoms. The maximum absolute atomic E-state index is 6.18. The largest absolute Gasteiger partial charge is 0.459 e. The zero-order valence-electron chi connectivity index (χ0n) is 10.4. The first-order chi connectivity index (χ1) is 9.11. The summed E-state index contributed by atoms with van der Waals surface area (Å²) >= 11 is 7.59. The number of aryl methyl sites for hydroxylation is 1. The number of nitrogens with two attached hydrogens (primary N) is 1. The summed E-state index contributed by atoms with van der Waals surface area (Å²) in [5, 5.41) is 4.74. The van der Waals surface area contributed by atoms with E-state index in [0.29, 0.717) is 11.4 Å². The van der Waals surface area contributed by atoms with Crippen molar-refractivity contribution in [3.05, 3.63) is 51.1 Å². The van der Waals surface area contributed by atoms with Crippen LogP contribution in [0.1, 0.15) is 22.5 Å². The molecule has 2 aromatic heterocycles. The number of thiazole rings is 1. The van der Waals surface area contributed by atoms with Crippen molar-refractivity contribution in [3.63, 3.8) is 0 Å². The van der Waals surface area contributed by atoms with Gasteiger partial charge in [0.1, 0.15) is 11.3 Å². The molecule has 0 fully saturated rings. The van der Waals surface area contributed by atoms with Gasteiger partial charge < -0.3 is 10.2 Å². The van der Waals surface area contributed by atoms with Crippen LogP contribution in [0.5, 0.6) is 0 Å². The predicted molar refractivity (Wildman–Crippen MR) is 78.7 cm³/mol. The zero-order chi connectivity index (χ0) is 13.4. The van der Waals surface area contributed by atoms with Crippen molar-refractivity contribution in [2.24, 2.45) is 5.73 Å². The predicted octanol–water partition coefficient (Wildman–Crippen LogP) is 4.09. The molecule has 98 valence electrons. The van der Waals surface area contributed by atoms with Crippen LogP contribution in [0.2, 0.25) is 5.02 Å². The zero-order valence-corrected chi connectivity index (χ0v) is 12.0. The van der Waals surface area contributed by atoms with Crippen molar-refractivity contribution < 1.29 is 4.42 Å². The van der Waals surface area contributed by atoms with Gasteiger partial charge >= 0.3 is 0 Å². The molecule has 1 aromatic carbocycles. The number of aromatic nitrogens is 1. The molecular weight excluding hydrogens is 280 g/mol. The summed E-state index contributed by atoms with van der Waals surface area (Å²) in [5.74, 6) is 0.769. The highest BCUT2D eigenvalue weighted by atomic mass is 35.5. The third-order valence-electron chi connectivity index (χ3n) is 2.92. The molecule has 0 radical (unpaired) electrons. The second-order valence-electron chi connectivity index (χ2n) is 4.52. The van der Waals surface area contributed by atoms with Crippen LogP contribution in [0.3, 0.4) is 0 Å². The van der Waals surface area contributed by atoms with Gasteiger partial charge in [0.25, 0.3) is 0 Å². The van der Waals surface area contributed by atoms with E-state index in [9.17, 15) is 0 Å². The second kappa shape index (κ2) is 4.96. The van der Waals surface area contributed by atoms with E-state index in [-0.39, 0.29) is 6.04 Å². The highest BCUT2D eigenvalue weighted by molar-refractivity contribution is 7.09. The first kappa shape index (κ1) is 12.7. The van der Waals surface area contributed by atoms with Crippen LogP contribution in [-0.2, 0) is 6.42 Å². The van der Waals surface area contributed by atoms with Crippen molar-refractivity contribution >= 4 is 33.9 Å². The maximum Gasteiger partial charge on any atom is 0.134 e. The smallest absolute Gasteiger partial charge is 0.134 e. The number of halogens is 1. The minimum Gasteiger partial charge on any atom is -0.459 e. The van der Waals surface area contributed by atoms with Gasteiger partial charge in [0.2, 0.25) is 0 Å². The van der Waals surface area contributed by atoms with Crippen LogP contribution in [0.15, 0.2) is 34.1 Å². The fourth-order valence-corrected chi connectivity index (χ4v) is 3.01. The number of furan rings is 1. The van der Waals surface area contributed by atoms with E-state index in [1.807, 2.05) is 36.6 Å². The first-order valence-corrected chi connectivity index (χ1v) is 7.23. The maximum atomic E-state index is 6.18. The summed E-state index contributed by atoms with van der Waals surface area (Å²) < 4.78 is 5.76. The molecule has 0 saturated carbocycles. The number of fused-ring (bicyclic) bond motifs is 1. The summed E-state index contributed by atoms with van der Waals surface area (Å²) in [6.07, 6.45) is 0.687. The molecule has 0 amide bonds. The van der Waals surface area contributed by atoms with Crippen molar-refractivity contribution in [1.29, 1.82) is 0 Å². The molecule has 5 heteroatoms. The van der Waals surface area contributed by atoms with Crippen LogP contribution < -0.4 is 5.73 Å². The van der Waals surface area contributed by atoms with E-state index in [1.54, 1.807) is 11.3 Å². The van der Waals surface area contributed by atoms with E-state index in [4.69, 9.17) is 21.8 Å². The van der Waals surface area contributed by atoms with E-state index in [2.05, 4.69) is 4.98 Å². The normalized spacial score (nSPS) is 13.0. The monoisotopic (exact) mass is 292 g/mol. The Morgan fingerprint density at radius 2 is 2.26 bits per heavy atom. The van der Waals surface area contributed by atoms with Gasteiger partial charge in [-0.15, -0.1) is 11.3 Å². The summed E-state index contributed by atoms with van der Waals surface area (Å²) in [6, 6.07) is 7.32. The number of hydrogen-bond donors (Lipinski definition) is 1. The van der Waals surface area contributed by atoms with Gasteiger partial charge in [-0.1, -0.05) is 11.6 Å². The van der Waals surface area contributed by atoms with Gasteiger partial charge in [-0.25, -0.2) is 4.98 Å². The minimum atomic E-state index is -0.184. The summed E-state index contributed by atoms with van der Waals surface area (Å²) in [5.41, 5.74) is 8.02. The van der Waals surface area contributed by atoms with Crippen LogP contribution in [-0.4, -0.2) is 4.98 Å². The topological polar surface area (TPSA) is 52.0 Å². The fourth-order valence-electron chi connectivity index (χ4n) is 2.00. The lowest BCUT2D eigenvalue weighted by Crippen LogP contribution is -2.12. The third kappa shape index (κ3) is 2.66. The molecule has 1 unspecified atom stereocenters. The molecule has 3 aromatic rings. The number of nitrogens with zero attached hydrogens (tertiary/aromatic N) is 1. The average molecular weight is 293 g/mol. The van der Waals surface area contributed by atoms with E-state index < -0.39 is 0 Å². The lowest BCUT2D eigenvalue weighted by Gasteiger charge is -2.05. The molecule has 0 spiro atoms. The van der Waals surface area contributed by atoms with Crippen LogP contribution in [0, 0.1) is 6.92 Å². The molecule has 19 heavy (non-hydrogen) atoms. The van der Waals surface area contributed by atoms with Gasteiger partial charge in [0.05, 0.1) is 11.0 Å². The quantitative estimate of drug-likeness (QED) is 0.791. The standard InChI is InChI=1S/C14H13ClN2OS/c1-8-7-19-14(17-8)6-11(16)13-5-9-4-10(15)2-3-12(9)18-13/h2-5,7,11H,6,16H2,1H3. The Bertz CT molecular complexity index is 719.